The molecule has 2 aromatic rings. The van der Waals surface area contributed by atoms with Crippen molar-refractivity contribution in [2.45, 2.75) is 37.1 Å². The SMILES string of the molecule is CC(C)NCc1cc(Br)ccc1SCc1ccc(Cl)cc1. The monoisotopic (exact) mass is 383 g/mol. The molecular formula is C17H19BrClNS. The van der Waals surface area contributed by atoms with E-state index in [9.17, 15) is 0 Å². The topological polar surface area (TPSA) is 12.0 Å². The standard InChI is InChI=1S/C17H19BrClNS/c1-12(2)20-10-14-9-15(18)5-8-17(14)21-11-13-3-6-16(19)7-4-13/h3-9,12,20H,10-11H2,1-2H3. The average molecular weight is 385 g/mol. The van der Waals surface area contributed by atoms with Crippen LogP contribution in [0.3, 0.4) is 0 Å². The van der Waals surface area contributed by atoms with Gasteiger partial charge in [-0.05, 0) is 41.5 Å². The Balaban J connectivity index is 2.06. The van der Waals surface area contributed by atoms with Gasteiger partial charge in [0.2, 0.25) is 0 Å². The van der Waals surface area contributed by atoms with Gasteiger partial charge >= 0.3 is 0 Å². The van der Waals surface area contributed by atoms with Gasteiger partial charge in [-0.25, -0.2) is 0 Å². The van der Waals surface area contributed by atoms with Crippen molar-refractivity contribution in [2.24, 2.45) is 0 Å². The molecule has 0 aromatic heterocycles. The lowest BCUT2D eigenvalue weighted by atomic mass is 10.2. The van der Waals surface area contributed by atoms with Crippen molar-refractivity contribution in [1.82, 2.24) is 5.32 Å². The summed E-state index contributed by atoms with van der Waals surface area (Å²) >= 11 is 11.3. The van der Waals surface area contributed by atoms with E-state index in [4.69, 9.17) is 11.6 Å². The maximum Gasteiger partial charge on any atom is 0.0406 e. The maximum atomic E-state index is 5.92. The number of rotatable bonds is 6. The third-order valence-electron chi connectivity index (χ3n) is 3.03. The van der Waals surface area contributed by atoms with E-state index in [-0.39, 0.29) is 0 Å². The summed E-state index contributed by atoms with van der Waals surface area (Å²) in [6.07, 6.45) is 0. The number of thioether (sulfide) groups is 1. The van der Waals surface area contributed by atoms with Gasteiger partial charge in [-0.2, -0.15) is 0 Å². The lowest BCUT2D eigenvalue weighted by Crippen LogP contribution is -2.22. The smallest absolute Gasteiger partial charge is 0.0406 e. The summed E-state index contributed by atoms with van der Waals surface area (Å²) in [4.78, 5) is 1.32. The first-order chi connectivity index (χ1) is 10.0. The molecular weight excluding hydrogens is 366 g/mol. The molecule has 2 aromatic carbocycles. The van der Waals surface area contributed by atoms with Crippen LogP contribution < -0.4 is 5.32 Å². The van der Waals surface area contributed by atoms with Crippen molar-refractivity contribution < 1.29 is 0 Å². The molecule has 0 aliphatic rings. The van der Waals surface area contributed by atoms with Gasteiger partial charge in [-0.1, -0.05) is 53.5 Å². The number of hydrogen-bond acceptors (Lipinski definition) is 2. The van der Waals surface area contributed by atoms with Crippen molar-refractivity contribution in [3.63, 3.8) is 0 Å². The van der Waals surface area contributed by atoms with E-state index in [1.54, 1.807) is 0 Å². The third kappa shape index (κ3) is 5.67. The van der Waals surface area contributed by atoms with Crippen LogP contribution in [0.2, 0.25) is 5.02 Å². The van der Waals surface area contributed by atoms with E-state index in [1.165, 1.54) is 16.0 Å². The summed E-state index contributed by atoms with van der Waals surface area (Å²) < 4.78 is 1.12. The highest BCUT2D eigenvalue weighted by molar-refractivity contribution is 9.10. The third-order valence-corrected chi connectivity index (χ3v) is 4.96. The van der Waals surface area contributed by atoms with Crippen LogP contribution in [0.1, 0.15) is 25.0 Å². The lowest BCUT2D eigenvalue weighted by molar-refractivity contribution is 0.584. The quantitative estimate of drug-likeness (QED) is 0.623. The predicted octanol–water partition coefficient (Wildman–Crippen LogP) is 5.89. The Morgan fingerprint density at radius 1 is 1.14 bits per heavy atom. The van der Waals surface area contributed by atoms with Gasteiger partial charge in [0, 0.05) is 32.7 Å². The van der Waals surface area contributed by atoms with Crippen molar-refractivity contribution in [3.05, 3.63) is 63.1 Å². The zero-order chi connectivity index (χ0) is 15.2. The van der Waals surface area contributed by atoms with Crippen molar-refractivity contribution >= 4 is 39.3 Å². The first kappa shape index (κ1) is 16.9. The molecule has 112 valence electrons. The van der Waals surface area contributed by atoms with Crippen molar-refractivity contribution in [1.29, 1.82) is 0 Å². The first-order valence-electron chi connectivity index (χ1n) is 6.93. The van der Waals surface area contributed by atoms with Crippen LogP contribution in [0.5, 0.6) is 0 Å². The van der Waals surface area contributed by atoms with Crippen LogP contribution in [0.25, 0.3) is 0 Å². The Labute approximate surface area is 144 Å². The van der Waals surface area contributed by atoms with E-state index in [2.05, 4.69) is 65.4 Å². The molecule has 0 aliphatic heterocycles. The van der Waals surface area contributed by atoms with Crippen molar-refractivity contribution in [3.8, 4) is 0 Å². The molecule has 1 N–H and O–H groups in total. The highest BCUT2D eigenvalue weighted by atomic mass is 79.9. The fraction of sp³-hybridized carbons (Fsp3) is 0.294. The molecule has 0 atom stereocenters. The first-order valence-corrected chi connectivity index (χ1v) is 9.09. The molecule has 21 heavy (non-hydrogen) atoms. The van der Waals surface area contributed by atoms with E-state index in [1.807, 2.05) is 23.9 Å². The summed E-state index contributed by atoms with van der Waals surface area (Å²) in [5, 5.41) is 4.27. The van der Waals surface area contributed by atoms with Crippen LogP contribution >= 0.6 is 39.3 Å². The Kier molecular flexibility index (Phi) is 6.62. The Morgan fingerprint density at radius 2 is 1.86 bits per heavy atom. The number of halogens is 2. The molecule has 0 aliphatic carbocycles. The minimum atomic E-state index is 0.484. The van der Waals surface area contributed by atoms with E-state index in [0.717, 1.165) is 21.8 Å². The molecule has 0 spiro atoms. The van der Waals surface area contributed by atoms with Crippen LogP contribution in [0.4, 0.5) is 0 Å². The molecule has 0 saturated carbocycles. The van der Waals surface area contributed by atoms with Gasteiger partial charge in [-0.3, -0.25) is 0 Å². The second kappa shape index (κ2) is 8.23. The fourth-order valence-corrected chi connectivity index (χ4v) is 3.41. The zero-order valence-corrected chi connectivity index (χ0v) is 15.4. The maximum absolute atomic E-state index is 5.92. The number of nitrogens with one attached hydrogen (secondary N) is 1. The van der Waals surface area contributed by atoms with Crippen LogP contribution in [-0.4, -0.2) is 6.04 Å². The molecule has 0 heterocycles. The van der Waals surface area contributed by atoms with Crippen LogP contribution in [0, 0.1) is 0 Å². The Bertz CT molecular complexity index is 584. The second-order valence-electron chi connectivity index (χ2n) is 5.20. The minimum Gasteiger partial charge on any atom is -0.310 e. The molecule has 0 radical (unpaired) electrons. The Hall–Kier alpha value is -0.480. The largest absolute Gasteiger partial charge is 0.310 e. The molecule has 0 fully saturated rings. The summed E-state index contributed by atoms with van der Waals surface area (Å²) in [5.41, 5.74) is 2.62. The Morgan fingerprint density at radius 3 is 2.52 bits per heavy atom. The van der Waals surface area contributed by atoms with Gasteiger partial charge in [0.25, 0.3) is 0 Å². The minimum absolute atomic E-state index is 0.484. The molecule has 2 rings (SSSR count). The number of benzene rings is 2. The van der Waals surface area contributed by atoms with Gasteiger partial charge in [0.05, 0.1) is 0 Å². The fourth-order valence-electron chi connectivity index (χ4n) is 1.88. The molecule has 4 heteroatoms. The summed E-state index contributed by atoms with van der Waals surface area (Å²) in [7, 11) is 0. The molecule has 0 saturated heterocycles. The van der Waals surface area contributed by atoms with Gasteiger partial charge in [0.15, 0.2) is 0 Å². The lowest BCUT2D eigenvalue weighted by Gasteiger charge is -2.13. The van der Waals surface area contributed by atoms with E-state index in [0.29, 0.717) is 6.04 Å². The summed E-state index contributed by atoms with van der Waals surface area (Å²) in [6, 6.07) is 15.0. The highest BCUT2D eigenvalue weighted by Gasteiger charge is 2.06. The molecule has 1 nitrogen and oxygen atoms in total. The normalized spacial score (nSPS) is 11.1. The number of hydrogen-bond donors (Lipinski definition) is 1. The van der Waals surface area contributed by atoms with Gasteiger partial charge in [0.1, 0.15) is 0 Å². The highest BCUT2D eigenvalue weighted by Crippen LogP contribution is 2.29. The average Bonchev–Trinajstić information content (AvgIpc) is 2.45. The van der Waals surface area contributed by atoms with Gasteiger partial charge in [-0.15, -0.1) is 11.8 Å². The van der Waals surface area contributed by atoms with Crippen LogP contribution in [-0.2, 0) is 12.3 Å². The predicted molar refractivity (Wildman–Crippen MR) is 97.1 cm³/mol. The van der Waals surface area contributed by atoms with Gasteiger partial charge < -0.3 is 5.32 Å². The molecule has 0 amide bonds. The van der Waals surface area contributed by atoms with E-state index >= 15 is 0 Å². The van der Waals surface area contributed by atoms with Crippen molar-refractivity contribution in [2.75, 3.05) is 0 Å². The second-order valence-corrected chi connectivity index (χ2v) is 7.57. The molecule has 0 unspecified atom stereocenters. The molecule has 0 bridgehead atoms. The zero-order valence-electron chi connectivity index (χ0n) is 12.2. The summed E-state index contributed by atoms with van der Waals surface area (Å²) in [5.74, 6) is 0.952. The van der Waals surface area contributed by atoms with E-state index < -0.39 is 0 Å². The van der Waals surface area contributed by atoms with Crippen LogP contribution in [0.15, 0.2) is 51.8 Å². The summed E-state index contributed by atoms with van der Waals surface area (Å²) in [6.45, 7) is 5.22.